The van der Waals surface area contributed by atoms with Gasteiger partial charge in [0, 0.05) is 12.8 Å². The van der Waals surface area contributed by atoms with Gasteiger partial charge in [-0.25, -0.2) is 4.79 Å². The van der Waals surface area contributed by atoms with E-state index in [2.05, 4.69) is 16.0 Å². The number of rotatable bonds is 19. The van der Waals surface area contributed by atoms with Crippen molar-refractivity contribution < 1.29 is 38.5 Å². The number of carbonyl (C=O) groups is 4. The third-order valence-corrected chi connectivity index (χ3v) is 9.45. The van der Waals surface area contributed by atoms with Crippen molar-refractivity contribution in [1.29, 1.82) is 0 Å². The number of amides is 3. The summed E-state index contributed by atoms with van der Waals surface area (Å²) in [5.41, 5.74) is 2.39. The molecule has 0 unspecified atom stereocenters. The van der Waals surface area contributed by atoms with Crippen molar-refractivity contribution in [3.63, 3.8) is 0 Å². The van der Waals surface area contributed by atoms with Crippen LogP contribution in [-0.2, 0) is 42.4 Å². The Morgan fingerprint density at radius 3 is 1.64 bits per heavy atom. The normalized spacial score (nSPS) is 12.9. The summed E-state index contributed by atoms with van der Waals surface area (Å²) in [6.45, 7) is 5.42. The maximum Gasteiger partial charge on any atom is 0.328 e. The lowest BCUT2D eigenvalue weighted by atomic mass is 9.80. The highest BCUT2D eigenvalue weighted by atomic mass is 16.5. The van der Waals surface area contributed by atoms with E-state index in [-0.39, 0.29) is 24.7 Å². The maximum absolute atomic E-state index is 13.4. The molecule has 0 aliphatic rings. The quantitative estimate of drug-likeness (QED) is 0.0750. The van der Waals surface area contributed by atoms with Crippen LogP contribution in [0.25, 0.3) is 0 Å². The number of hydrogen-bond acceptors (Lipinski definition) is 8. The maximum atomic E-state index is 13.4. The Bertz CT molecular complexity index is 1800. The SMILES string of the molecule is COC(=O)[C@H](Cc1ccccc1)NC(=O)[C@H](CC(C)C)NC(=O)[C@H](C)NC(=O)CCCc1ccc(C(O)(c2ccc(OC)cc2)c2ccc(OC)cc2)cc1. The van der Waals surface area contributed by atoms with E-state index < -0.39 is 41.5 Å². The molecule has 0 aliphatic heterocycles. The predicted octanol–water partition coefficient (Wildman–Crippen LogP) is 5.25. The second kappa shape index (κ2) is 20.1. The first-order valence-electron chi connectivity index (χ1n) is 18.5. The highest BCUT2D eigenvalue weighted by Gasteiger charge is 2.34. The Morgan fingerprint density at radius 2 is 1.15 bits per heavy atom. The summed E-state index contributed by atoms with van der Waals surface area (Å²) in [6, 6.07) is 28.7. The van der Waals surface area contributed by atoms with E-state index in [1.165, 1.54) is 7.11 Å². The molecule has 3 amide bonds. The van der Waals surface area contributed by atoms with Gasteiger partial charge in [0.2, 0.25) is 17.7 Å². The molecule has 4 rings (SSSR count). The van der Waals surface area contributed by atoms with Crippen LogP contribution in [0, 0.1) is 5.92 Å². The first-order chi connectivity index (χ1) is 26.4. The number of nitrogens with one attached hydrogen (secondary N) is 3. The van der Waals surface area contributed by atoms with Crippen LogP contribution in [0.5, 0.6) is 11.5 Å². The molecular weight excluding hydrogens is 698 g/mol. The average molecular weight is 752 g/mol. The molecule has 4 aromatic carbocycles. The fraction of sp³-hybridized carbons (Fsp3) is 0.364. The lowest BCUT2D eigenvalue weighted by Crippen LogP contribution is -2.55. The first-order valence-corrected chi connectivity index (χ1v) is 18.5. The lowest BCUT2D eigenvalue weighted by Gasteiger charge is -2.30. The van der Waals surface area contributed by atoms with Gasteiger partial charge >= 0.3 is 5.97 Å². The van der Waals surface area contributed by atoms with Crippen LogP contribution in [0.1, 0.15) is 67.9 Å². The third kappa shape index (κ3) is 11.7. The number of esters is 1. The van der Waals surface area contributed by atoms with Crippen LogP contribution in [0.15, 0.2) is 103 Å². The molecule has 11 nitrogen and oxygen atoms in total. The monoisotopic (exact) mass is 751 g/mol. The van der Waals surface area contributed by atoms with Gasteiger partial charge in [-0.15, -0.1) is 0 Å². The smallest absolute Gasteiger partial charge is 0.328 e. The molecule has 0 aliphatic carbocycles. The summed E-state index contributed by atoms with van der Waals surface area (Å²) >= 11 is 0. The van der Waals surface area contributed by atoms with E-state index in [4.69, 9.17) is 14.2 Å². The number of methoxy groups -OCH3 is 3. The molecule has 0 spiro atoms. The number of aliphatic hydroxyl groups is 1. The summed E-state index contributed by atoms with van der Waals surface area (Å²) in [4.78, 5) is 52.0. The van der Waals surface area contributed by atoms with Gasteiger partial charge in [-0.3, -0.25) is 14.4 Å². The molecule has 292 valence electrons. The third-order valence-electron chi connectivity index (χ3n) is 9.45. The van der Waals surface area contributed by atoms with Gasteiger partial charge in [0.05, 0.1) is 21.3 Å². The molecular formula is C44H53N3O8. The van der Waals surface area contributed by atoms with E-state index in [0.29, 0.717) is 47.5 Å². The van der Waals surface area contributed by atoms with Crippen molar-refractivity contribution in [3.05, 3.63) is 131 Å². The predicted molar refractivity (Wildman–Crippen MR) is 211 cm³/mol. The fourth-order valence-corrected chi connectivity index (χ4v) is 6.37. The van der Waals surface area contributed by atoms with Crippen molar-refractivity contribution in [1.82, 2.24) is 16.0 Å². The zero-order valence-corrected chi connectivity index (χ0v) is 32.5. The topological polar surface area (TPSA) is 152 Å². The molecule has 0 heterocycles. The molecule has 0 radical (unpaired) electrons. The summed E-state index contributed by atoms with van der Waals surface area (Å²) < 4.78 is 15.6. The lowest BCUT2D eigenvalue weighted by molar-refractivity contribution is -0.145. The van der Waals surface area contributed by atoms with Crippen molar-refractivity contribution in [2.45, 2.75) is 76.6 Å². The molecule has 55 heavy (non-hydrogen) atoms. The van der Waals surface area contributed by atoms with Crippen LogP contribution in [0.2, 0.25) is 0 Å². The van der Waals surface area contributed by atoms with Crippen molar-refractivity contribution in [3.8, 4) is 11.5 Å². The Hall–Kier alpha value is -5.68. The van der Waals surface area contributed by atoms with Crippen LogP contribution in [0.3, 0.4) is 0 Å². The number of aryl methyl sites for hydroxylation is 1. The van der Waals surface area contributed by atoms with Gasteiger partial charge < -0.3 is 35.3 Å². The largest absolute Gasteiger partial charge is 0.497 e. The summed E-state index contributed by atoms with van der Waals surface area (Å²) in [5.74, 6) is -0.498. The van der Waals surface area contributed by atoms with E-state index in [1.807, 2.05) is 117 Å². The second-order valence-electron chi connectivity index (χ2n) is 14.0. The van der Waals surface area contributed by atoms with Crippen molar-refractivity contribution in [2.24, 2.45) is 5.92 Å². The molecule has 3 atom stereocenters. The summed E-state index contributed by atoms with van der Waals surface area (Å²) in [5, 5.41) is 20.5. The first kappa shape index (κ1) is 42.1. The van der Waals surface area contributed by atoms with Gasteiger partial charge in [-0.1, -0.05) is 92.7 Å². The zero-order chi connectivity index (χ0) is 40.0. The van der Waals surface area contributed by atoms with Gasteiger partial charge in [0.1, 0.15) is 35.2 Å². The zero-order valence-electron chi connectivity index (χ0n) is 32.5. The van der Waals surface area contributed by atoms with Crippen LogP contribution >= 0.6 is 0 Å². The Kier molecular flexibility index (Phi) is 15.4. The molecule has 0 saturated heterocycles. The minimum absolute atomic E-state index is 0.0550. The minimum Gasteiger partial charge on any atom is -0.497 e. The van der Waals surface area contributed by atoms with Gasteiger partial charge in [0.15, 0.2) is 0 Å². The van der Waals surface area contributed by atoms with Gasteiger partial charge in [-0.05, 0) is 84.2 Å². The Balaban J connectivity index is 1.34. The second-order valence-corrected chi connectivity index (χ2v) is 14.0. The molecule has 0 saturated carbocycles. The van der Waals surface area contributed by atoms with Crippen LogP contribution in [-0.4, -0.2) is 68.3 Å². The standard InChI is InChI=1S/C44H53N3O8/c1-29(2)27-38(42(50)47-39(43(51)55-6)28-32-11-8-7-9-12-32)46-41(49)30(3)45-40(48)14-10-13-31-15-17-33(18-16-31)44(52,34-19-23-36(53-4)24-20-34)35-21-25-37(54-5)26-22-35/h7-9,11-12,15-26,29-30,38-39,52H,10,13-14,27-28H2,1-6H3,(H,45,48)(H,46,49)(H,47,50)/t30-,38-,39-/m0/s1. The highest BCUT2D eigenvalue weighted by Crippen LogP contribution is 2.38. The molecule has 0 aromatic heterocycles. The molecule has 4 N–H and O–H groups in total. The van der Waals surface area contributed by atoms with E-state index in [9.17, 15) is 24.3 Å². The minimum atomic E-state index is -1.45. The highest BCUT2D eigenvalue weighted by molar-refractivity contribution is 5.93. The van der Waals surface area contributed by atoms with Crippen LogP contribution < -0.4 is 25.4 Å². The Labute approximate surface area is 323 Å². The van der Waals surface area contributed by atoms with Gasteiger partial charge in [-0.2, -0.15) is 0 Å². The van der Waals surface area contributed by atoms with Crippen LogP contribution in [0.4, 0.5) is 0 Å². The Morgan fingerprint density at radius 1 is 0.636 bits per heavy atom. The van der Waals surface area contributed by atoms with E-state index >= 15 is 0 Å². The fourth-order valence-electron chi connectivity index (χ4n) is 6.37. The summed E-state index contributed by atoms with van der Waals surface area (Å²) in [7, 11) is 4.45. The molecule has 4 aromatic rings. The number of hydrogen-bond donors (Lipinski definition) is 4. The number of carbonyl (C=O) groups excluding carboxylic acids is 4. The summed E-state index contributed by atoms with van der Waals surface area (Å²) in [6.07, 6.45) is 1.85. The van der Waals surface area contributed by atoms with E-state index in [1.54, 1.807) is 21.1 Å². The van der Waals surface area contributed by atoms with Crippen molar-refractivity contribution >= 4 is 23.7 Å². The molecule has 0 fully saturated rings. The average Bonchev–Trinajstić information content (AvgIpc) is 3.20. The molecule has 0 bridgehead atoms. The van der Waals surface area contributed by atoms with Gasteiger partial charge in [0.25, 0.3) is 0 Å². The number of ether oxygens (including phenoxy) is 3. The van der Waals surface area contributed by atoms with Crippen molar-refractivity contribution in [2.75, 3.05) is 21.3 Å². The number of benzene rings is 4. The molecule has 11 heteroatoms. The van der Waals surface area contributed by atoms with E-state index in [0.717, 1.165) is 11.1 Å².